The summed E-state index contributed by atoms with van der Waals surface area (Å²) in [5, 5.41) is 0. The normalized spacial score (nSPS) is 15.1. The van der Waals surface area contributed by atoms with Gasteiger partial charge in [-0.2, -0.15) is 0 Å². The molecule has 0 saturated heterocycles. The number of methoxy groups -OCH3 is 2. The fourth-order valence-corrected chi connectivity index (χ4v) is 2.58. The van der Waals surface area contributed by atoms with E-state index in [4.69, 9.17) is 9.47 Å². The monoisotopic (exact) mass is 403 g/mol. The summed E-state index contributed by atoms with van der Waals surface area (Å²) in [5.41, 5.74) is 0.720. The molecule has 0 atom stereocenters. The Morgan fingerprint density at radius 1 is 1.05 bits per heavy atom. The van der Waals surface area contributed by atoms with Gasteiger partial charge in [0.15, 0.2) is 0 Å². The molecule has 0 saturated carbocycles. The maximum atomic E-state index is 12.0. The van der Waals surface area contributed by atoms with E-state index in [2.05, 4.69) is 31.9 Å². The van der Waals surface area contributed by atoms with Crippen LogP contribution in [0, 0.1) is 0 Å². The van der Waals surface area contributed by atoms with E-state index in [1.807, 2.05) is 0 Å². The lowest BCUT2D eigenvalue weighted by Crippen LogP contribution is -2.30. The van der Waals surface area contributed by atoms with Crippen molar-refractivity contribution in [2.75, 3.05) is 14.2 Å². The number of ether oxygens (including phenoxy) is 2. The Morgan fingerprint density at radius 2 is 1.65 bits per heavy atom. The molecular weight excluding hydrogens is 394 g/mol. The predicted octanol–water partition coefficient (Wildman–Crippen LogP) is 2.57. The highest BCUT2D eigenvalue weighted by Crippen LogP contribution is 2.32. The summed E-state index contributed by atoms with van der Waals surface area (Å²) in [5.74, 6) is 0.453. The van der Waals surface area contributed by atoms with E-state index in [9.17, 15) is 9.59 Å². The number of nitrogens with zero attached hydrogens (tertiary/aromatic N) is 1. The highest BCUT2D eigenvalue weighted by Gasteiger charge is 2.36. The second-order valence-corrected chi connectivity index (χ2v) is 5.59. The second kappa shape index (κ2) is 5.97. The first kappa shape index (κ1) is 15.1. The topological polar surface area (TPSA) is 55.8 Å². The molecule has 0 N–H and O–H groups in total. The third kappa shape index (κ3) is 2.60. The van der Waals surface area contributed by atoms with Crippen molar-refractivity contribution in [3.63, 3.8) is 0 Å². The van der Waals surface area contributed by atoms with Gasteiger partial charge in [-0.1, -0.05) is 0 Å². The molecule has 20 heavy (non-hydrogen) atoms. The first-order valence-electron chi connectivity index (χ1n) is 5.62. The van der Waals surface area contributed by atoms with Gasteiger partial charge in [-0.25, -0.2) is 0 Å². The van der Waals surface area contributed by atoms with Crippen LogP contribution >= 0.6 is 31.9 Å². The van der Waals surface area contributed by atoms with Gasteiger partial charge < -0.3 is 9.47 Å². The van der Waals surface area contributed by atoms with Gasteiger partial charge in [0.05, 0.1) is 20.8 Å². The van der Waals surface area contributed by atoms with Gasteiger partial charge in [-0.3, -0.25) is 14.5 Å². The van der Waals surface area contributed by atoms with E-state index >= 15 is 0 Å². The minimum absolute atomic E-state index is 0.134. The average molecular weight is 405 g/mol. The smallest absolute Gasteiger partial charge is 0.269 e. The van der Waals surface area contributed by atoms with Crippen LogP contribution in [0.25, 0.3) is 0 Å². The van der Waals surface area contributed by atoms with Gasteiger partial charge in [-0.15, -0.1) is 0 Å². The molecule has 1 aliphatic rings. The summed E-state index contributed by atoms with van der Waals surface area (Å²) in [6.45, 7) is 0.134. The van der Waals surface area contributed by atoms with E-state index in [1.54, 1.807) is 25.3 Å². The molecule has 0 aliphatic carbocycles. The molecule has 0 aromatic heterocycles. The summed E-state index contributed by atoms with van der Waals surface area (Å²) >= 11 is 6.18. The standard InChI is InChI=1S/C13H11Br2NO4/c1-19-8-4-3-7(9(5-8)20-2)6-16-12(17)10(14)11(15)13(16)18/h3-5H,6H2,1-2H3. The van der Waals surface area contributed by atoms with Gasteiger partial charge in [0.1, 0.15) is 20.5 Å². The number of carbonyl (C=O) groups is 2. The SMILES string of the molecule is COc1ccc(CN2C(=O)C(Br)=C(Br)C2=O)c(OC)c1. The van der Waals surface area contributed by atoms with Crippen molar-refractivity contribution in [3.05, 3.63) is 32.7 Å². The van der Waals surface area contributed by atoms with E-state index in [0.29, 0.717) is 11.5 Å². The zero-order valence-electron chi connectivity index (χ0n) is 10.8. The number of hydrogen-bond acceptors (Lipinski definition) is 4. The Bertz CT molecular complexity index is 588. The highest BCUT2D eigenvalue weighted by atomic mass is 79.9. The number of rotatable bonds is 4. The molecule has 0 spiro atoms. The van der Waals surface area contributed by atoms with Crippen molar-refractivity contribution in [1.82, 2.24) is 4.90 Å². The van der Waals surface area contributed by atoms with E-state index in [-0.39, 0.29) is 27.3 Å². The van der Waals surface area contributed by atoms with Crippen LogP contribution < -0.4 is 9.47 Å². The summed E-state index contributed by atoms with van der Waals surface area (Å²) in [7, 11) is 3.08. The average Bonchev–Trinajstić information content (AvgIpc) is 2.65. The molecule has 7 heteroatoms. The molecule has 0 radical (unpaired) electrons. The molecule has 5 nitrogen and oxygen atoms in total. The molecule has 1 aromatic carbocycles. The summed E-state index contributed by atoms with van der Waals surface area (Å²) < 4.78 is 10.8. The molecule has 0 fully saturated rings. The van der Waals surface area contributed by atoms with Crippen molar-refractivity contribution in [3.8, 4) is 11.5 Å². The molecule has 1 heterocycles. The Morgan fingerprint density at radius 3 is 2.15 bits per heavy atom. The zero-order chi connectivity index (χ0) is 14.9. The molecule has 1 aliphatic heterocycles. The van der Waals surface area contributed by atoms with Crippen LogP contribution in [0.1, 0.15) is 5.56 Å². The molecule has 1 aromatic rings. The van der Waals surface area contributed by atoms with Crippen LogP contribution in [0.4, 0.5) is 0 Å². The zero-order valence-corrected chi connectivity index (χ0v) is 13.9. The predicted molar refractivity (Wildman–Crippen MR) is 80.0 cm³/mol. The number of hydrogen-bond donors (Lipinski definition) is 0. The molecular formula is C13H11Br2NO4. The minimum atomic E-state index is -0.375. The molecule has 2 rings (SSSR count). The summed E-state index contributed by atoms with van der Waals surface area (Å²) in [6, 6.07) is 5.22. The van der Waals surface area contributed by atoms with Crippen molar-refractivity contribution in [2.24, 2.45) is 0 Å². The lowest BCUT2D eigenvalue weighted by atomic mass is 10.1. The highest BCUT2D eigenvalue weighted by molar-refractivity contribution is 9.14. The van der Waals surface area contributed by atoms with Gasteiger partial charge >= 0.3 is 0 Å². The fourth-order valence-electron chi connectivity index (χ4n) is 1.81. The second-order valence-electron chi connectivity index (χ2n) is 4.00. The van der Waals surface area contributed by atoms with Crippen LogP contribution in [0.15, 0.2) is 27.2 Å². The van der Waals surface area contributed by atoms with Crippen LogP contribution in [0.2, 0.25) is 0 Å². The minimum Gasteiger partial charge on any atom is -0.497 e. The van der Waals surface area contributed by atoms with Crippen molar-refractivity contribution in [2.45, 2.75) is 6.54 Å². The third-order valence-corrected chi connectivity index (χ3v) is 4.88. The maximum Gasteiger partial charge on any atom is 0.269 e. The Kier molecular flexibility index (Phi) is 4.49. The van der Waals surface area contributed by atoms with Gasteiger partial charge in [-0.05, 0) is 44.0 Å². The number of amides is 2. The van der Waals surface area contributed by atoms with Crippen LogP contribution in [-0.4, -0.2) is 30.9 Å². The van der Waals surface area contributed by atoms with Crippen LogP contribution in [-0.2, 0) is 16.1 Å². The van der Waals surface area contributed by atoms with Gasteiger partial charge in [0.25, 0.3) is 11.8 Å². The molecule has 2 amide bonds. The van der Waals surface area contributed by atoms with Crippen molar-refractivity contribution < 1.29 is 19.1 Å². The van der Waals surface area contributed by atoms with Crippen molar-refractivity contribution in [1.29, 1.82) is 0 Å². The van der Waals surface area contributed by atoms with Crippen LogP contribution in [0.3, 0.4) is 0 Å². The number of benzene rings is 1. The first-order chi connectivity index (χ1) is 9.49. The first-order valence-corrected chi connectivity index (χ1v) is 7.20. The largest absolute Gasteiger partial charge is 0.497 e. The number of carbonyl (C=O) groups excluding carboxylic acids is 2. The lowest BCUT2D eigenvalue weighted by Gasteiger charge is -2.17. The van der Waals surface area contributed by atoms with Crippen molar-refractivity contribution >= 4 is 43.7 Å². The fraction of sp³-hybridized carbons (Fsp3) is 0.231. The lowest BCUT2D eigenvalue weighted by molar-refractivity contribution is -0.137. The number of halogens is 2. The summed E-state index contributed by atoms with van der Waals surface area (Å²) in [4.78, 5) is 25.1. The molecule has 0 unspecified atom stereocenters. The Hall–Kier alpha value is -1.34. The quantitative estimate of drug-likeness (QED) is 0.723. The summed E-state index contributed by atoms with van der Waals surface area (Å²) in [6.07, 6.45) is 0. The van der Waals surface area contributed by atoms with Gasteiger partial charge in [0.2, 0.25) is 0 Å². The third-order valence-electron chi connectivity index (χ3n) is 2.88. The number of imide groups is 1. The maximum absolute atomic E-state index is 12.0. The van der Waals surface area contributed by atoms with E-state index in [0.717, 1.165) is 10.5 Å². The van der Waals surface area contributed by atoms with Crippen LogP contribution in [0.5, 0.6) is 11.5 Å². The Labute approximate surface area is 132 Å². The molecule has 0 bridgehead atoms. The Balaban J connectivity index is 2.28. The van der Waals surface area contributed by atoms with E-state index < -0.39 is 0 Å². The molecule has 106 valence electrons. The van der Waals surface area contributed by atoms with Gasteiger partial charge in [0, 0.05) is 11.6 Å². The van der Waals surface area contributed by atoms with E-state index in [1.165, 1.54) is 7.11 Å².